The van der Waals surface area contributed by atoms with E-state index in [9.17, 15) is 9.59 Å². The summed E-state index contributed by atoms with van der Waals surface area (Å²) in [7, 11) is 0. The van der Waals surface area contributed by atoms with Gasteiger partial charge in [-0.05, 0) is 55.7 Å². The Kier molecular flexibility index (Phi) is 6.25. The van der Waals surface area contributed by atoms with Crippen LogP contribution in [0.1, 0.15) is 41.8 Å². The molecule has 0 saturated carbocycles. The van der Waals surface area contributed by atoms with Crippen LogP contribution < -0.4 is 10.2 Å². The second kappa shape index (κ2) is 8.65. The van der Waals surface area contributed by atoms with Gasteiger partial charge >= 0.3 is 6.03 Å². The van der Waals surface area contributed by atoms with Crippen molar-refractivity contribution < 1.29 is 9.59 Å². The normalized spacial score (nSPS) is 14.7. The molecule has 2 aromatic carbocycles. The SMILES string of the molecule is CC[C@@H](C)N(Cc1cccc(Cl)c1)C(=O)c1ccc(C)c(N2CCNC2=O)c1. The minimum absolute atomic E-state index is 0.0461. The van der Waals surface area contributed by atoms with Crippen LogP contribution in [0.2, 0.25) is 5.02 Å². The van der Waals surface area contributed by atoms with Crippen molar-refractivity contribution in [1.29, 1.82) is 0 Å². The summed E-state index contributed by atoms with van der Waals surface area (Å²) in [5.41, 5.74) is 3.33. The predicted octanol–water partition coefficient (Wildman–Crippen LogP) is 4.62. The molecule has 6 heteroatoms. The molecule has 1 N–H and O–H groups in total. The highest BCUT2D eigenvalue weighted by Gasteiger charge is 2.26. The molecule has 1 fully saturated rings. The smallest absolute Gasteiger partial charge is 0.322 e. The Labute approximate surface area is 171 Å². The van der Waals surface area contributed by atoms with Gasteiger partial charge in [0.05, 0.1) is 0 Å². The Bertz CT molecular complexity index is 884. The van der Waals surface area contributed by atoms with Crippen LogP contribution in [0.3, 0.4) is 0 Å². The number of benzene rings is 2. The molecular formula is C22H26ClN3O2. The Morgan fingerprint density at radius 1 is 1.29 bits per heavy atom. The molecule has 1 aliphatic heterocycles. The maximum atomic E-state index is 13.4. The van der Waals surface area contributed by atoms with Crippen LogP contribution in [-0.2, 0) is 6.54 Å². The van der Waals surface area contributed by atoms with Crippen LogP contribution in [0.5, 0.6) is 0 Å². The topological polar surface area (TPSA) is 52.7 Å². The number of hydrogen-bond acceptors (Lipinski definition) is 2. The Hall–Kier alpha value is -2.53. The summed E-state index contributed by atoms with van der Waals surface area (Å²) in [5, 5.41) is 3.47. The molecule has 1 atom stereocenters. The highest BCUT2D eigenvalue weighted by atomic mass is 35.5. The van der Waals surface area contributed by atoms with Crippen molar-refractivity contribution >= 4 is 29.2 Å². The molecule has 2 aromatic rings. The first-order chi connectivity index (χ1) is 13.4. The third kappa shape index (κ3) is 4.30. The van der Waals surface area contributed by atoms with Crippen molar-refractivity contribution in [3.63, 3.8) is 0 Å². The van der Waals surface area contributed by atoms with E-state index in [2.05, 4.69) is 12.2 Å². The number of aryl methyl sites for hydroxylation is 1. The maximum Gasteiger partial charge on any atom is 0.322 e. The van der Waals surface area contributed by atoms with E-state index in [1.54, 1.807) is 4.90 Å². The van der Waals surface area contributed by atoms with Gasteiger partial charge in [-0.3, -0.25) is 9.69 Å². The number of nitrogens with one attached hydrogen (secondary N) is 1. The molecule has 1 aliphatic rings. The van der Waals surface area contributed by atoms with Gasteiger partial charge in [0.25, 0.3) is 5.91 Å². The van der Waals surface area contributed by atoms with E-state index in [-0.39, 0.29) is 18.0 Å². The number of carbonyl (C=O) groups excluding carboxylic acids is 2. The standard InChI is InChI=1S/C22H26ClN3O2/c1-4-16(3)26(14-17-6-5-7-19(23)12-17)21(27)18-9-8-15(2)20(13-18)25-11-10-24-22(25)28/h5-9,12-13,16H,4,10-11,14H2,1-3H3,(H,24,28)/t16-/m1/s1. The largest absolute Gasteiger partial charge is 0.336 e. The molecule has 0 aromatic heterocycles. The lowest BCUT2D eigenvalue weighted by Crippen LogP contribution is -2.38. The van der Waals surface area contributed by atoms with Gasteiger partial charge in [0.1, 0.15) is 0 Å². The minimum Gasteiger partial charge on any atom is -0.336 e. The molecule has 148 valence electrons. The van der Waals surface area contributed by atoms with Crippen molar-refractivity contribution in [2.24, 2.45) is 0 Å². The molecule has 3 rings (SSSR count). The quantitative estimate of drug-likeness (QED) is 0.770. The van der Waals surface area contributed by atoms with Crippen LogP contribution in [0.15, 0.2) is 42.5 Å². The van der Waals surface area contributed by atoms with Crippen LogP contribution in [0, 0.1) is 6.92 Å². The van der Waals surface area contributed by atoms with Crippen LogP contribution >= 0.6 is 11.6 Å². The van der Waals surface area contributed by atoms with E-state index in [0.717, 1.165) is 23.2 Å². The van der Waals surface area contributed by atoms with Gasteiger partial charge in [0.15, 0.2) is 0 Å². The van der Waals surface area contributed by atoms with Crippen molar-refractivity contribution in [1.82, 2.24) is 10.2 Å². The number of amides is 3. The number of rotatable bonds is 6. The van der Waals surface area contributed by atoms with Gasteiger partial charge in [-0.2, -0.15) is 0 Å². The summed E-state index contributed by atoms with van der Waals surface area (Å²) in [6, 6.07) is 13.1. The molecular weight excluding hydrogens is 374 g/mol. The van der Waals surface area contributed by atoms with Crippen LogP contribution in [0.25, 0.3) is 0 Å². The zero-order valence-electron chi connectivity index (χ0n) is 16.5. The van der Waals surface area contributed by atoms with Gasteiger partial charge in [-0.25, -0.2) is 4.79 Å². The van der Waals surface area contributed by atoms with Gasteiger partial charge < -0.3 is 10.2 Å². The fraction of sp³-hybridized carbons (Fsp3) is 0.364. The van der Waals surface area contributed by atoms with Crippen molar-refractivity contribution in [3.05, 3.63) is 64.2 Å². The lowest BCUT2D eigenvalue weighted by Gasteiger charge is -2.29. The van der Waals surface area contributed by atoms with Crippen molar-refractivity contribution in [2.75, 3.05) is 18.0 Å². The van der Waals surface area contributed by atoms with E-state index in [4.69, 9.17) is 11.6 Å². The van der Waals surface area contributed by atoms with E-state index in [1.165, 1.54) is 0 Å². The summed E-state index contributed by atoms with van der Waals surface area (Å²) in [4.78, 5) is 29.0. The third-order valence-corrected chi connectivity index (χ3v) is 5.46. The van der Waals surface area contributed by atoms with Gasteiger partial charge in [-0.15, -0.1) is 0 Å². The van der Waals surface area contributed by atoms with E-state index >= 15 is 0 Å². The minimum atomic E-state index is -0.120. The number of anilines is 1. The summed E-state index contributed by atoms with van der Waals surface area (Å²) in [5.74, 6) is -0.0461. The van der Waals surface area contributed by atoms with E-state index < -0.39 is 0 Å². The van der Waals surface area contributed by atoms with E-state index in [0.29, 0.717) is 30.2 Å². The first-order valence-corrected chi connectivity index (χ1v) is 10.00. The van der Waals surface area contributed by atoms with Crippen LogP contribution in [0.4, 0.5) is 10.5 Å². The molecule has 0 radical (unpaired) electrons. The lowest BCUT2D eigenvalue weighted by molar-refractivity contribution is 0.0671. The second-order valence-electron chi connectivity index (χ2n) is 7.21. The maximum absolute atomic E-state index is 13.4. The monoisotopic (exact) mass is 399 g/mol. The number of nitrogens with zero attached hydrogens (tertiary/aromatic N) is 2. The molecule has 0 spiro atoms. The number of halogens is 1. The average Bonchev–Trinajstić information content (AvgIpc) is 3.11. The Morgan fingerprint density at radius 3 is 2.71 bits per heavy atom. The van der Waals surface area contributed by atoms with Gasteiger partial charge in [0, 0.05) is 41.9 Å². The molecule has 28 heavy (non-hydrogen) atoms. The molecule has 5 nitrogen and oxygen atoms in total. The zero-order valence-corrected chi connectivity index (χ0v) is 17.3. The number of urea groups is 1. The van der Waals surface area contributed by atoms with Gasteiger partial charge in [-0.1, -0.05) is 36.7 Å². The Balaban J connectivity index is 1.91. The molecule has 1 saturated heterocycles. The fourth-order valence-electron chi connectivity index (χ4n) is 3.38. The third-order valence-electron chi connectivity index (χ3n) is 5.23. The number of carbonyl (C=O) groups is 2. The summed E-state index contributed by atoms with van der Waals surface area (Å²) >= 11 is 6.12. The fourth-order valence-corrected chi connectivity index (χ4v) is 3.59. The highest BCUT2D eigenvalue weighted by Crippen LogP contribution is 2.25. The van der Waals surface area contributed by atoms with Crippen molar-refractivity contribution in [2.45, 2.75) is 39.8 Å². The summed E-state index contributed by atoms with van der Waals surface area (Å²) < 4.78 is 0. The zero-order chi connectivity index (χ0) is 20.3. The summed E-state index contributed by atoms with van der Waals surface area (Å²) in [6.07, 6.45) is 0.847. The molecule has 3 amide bonds. The van der Waals surface area contributed by atoms with Gasteiger partial charge in [0.2, 0.25) is 0 Å². The highest BCUT2D eigenvalue weighted by molar-refractivity contribution is 6.30. The molecule has 1 heterocycles. The van der Waals surface area contributed by atoms with Crippen LogP contribution in [-0.4, -0.2) is 36.0 Å². The predicted molar refractivity (Wildman–Crippen MR) is 113 cm³/mol. The molecule has 0 aliphatic carbocycles. The van der Waals surface area contributed by atoms with Crippen molar-refractivity contribution in [3.8, 4) is 0 Å². The molecule has 0 unspecified atom stereocenters. The number of hydrogen-bond donors (Lipinski definition) is 1. The Morgan fingerprint density at radius 2 is 2.07 bits per heavy atom. The first-order valence-electron chi connectivity index (χ1n) is 9.62. The molecule has 0 bridgehead atoms. The van der Waals surface area contributed by atoms with E-state index in [1.807, 2.05) is 61.2 Å². The average molecular weight is 400 g/mol. The summed E-state index contributed by atoms with van der Waals surface area (Å²) in [6.45, 7) is 7.78. The second-order valence-corrected chi connectivity index (χ2v) is 7.64. The lowest BCUT2D eigenvalue weighted by atomic mass is 10.1. The first kappa shape index (κ1) is 20.2.